The van der Waals surface area contributed by atoms with Gasteiger partial charge in [-0.3, -0.25) is 0 Å². The van der Waals surface area contributed by atoms with Crippen LogP contribution in [0.3, 0.4) is 0 Å². The van der Waals surface area contributed by atoms with E-state index in [1.54, 1.807) is 0 Å². The minimum Gasteiger partial charge on any atom is -0.368 e. The van der Waals surface area contributed by atoms with Gasteiger partial charge in [0, 0.05) is 12.2 Å². The summed E-state index contributed by atoms with van der Waals surface area (Å²) in [5, 5.41) is 2.51. The Hall–Kier alpha value is -0.970. The van der Waals surface area contributed by atoms with E-state index in [1.165, 1.54) is 6.07 Å². The average molecular weight is 239 g/mol. The Bertz CT molecular complexity index is 350. The lowest BCUT2D eigenvalue weighted by atomic mass is 10.2. The smallest absolute Gasteiger partial charge is 0.368 e. The summed E-state index contributed by atoms with van der Waals surface area (Å²) in [5.74, 6) is 0.336. The first kappa shape index (κ1) is 12.1. The number of rotatable bonds is 2. The predicted octanol–water partition coefficient (Wildman–Crippen LogP) is 3.57. The average Bonchev–Trinajstić information content (AvgIpc) is 1.99. The van der Waals surface area contributed by atoms with Crippen molar-refractivity contribution in [1.29, 1.82) is 0 Å². The maximum atomic E-state index is 12.3. The molecule has 0 radical (unpaired) electrons. The summed E-state index contributed by atoms with van der Waals surface area (Å²) >= 11 is 5.50. The third-order valence-corrected chi connectivity index (χ3v) is 1.91. The van der Waals surface area contributed by atoms with Gasteiger partial charge in [0.2, 0.25) is 0 Å². The number of hydrogen-bond donors (Lipinski definition) is 1. The molecule has 1 rings (SSSR count). The molecule has 0 unspecified atom stereocenters. The van der Waals surface area contributed by atoms with Gasteiger partial charge in [0.05, 0.1) is 10.6 Å². The summed E-state index contributed by atoms with van der Waals surface area (Å²) in [6, 6.07) is 1.26. The zero-order valence-corrected chi connectivity index (χ0v) is 8.95. The van der Waals surface area contributed by atoms with Crippen molar-refractivity contribution in [3.05, 3.63) is 22.8 Å². The largest absolute Gasteiger partial charge is 0.419 e. The summed E-state index contributed by atoms with van der Waals surface area (Å²) < 4.78 is 36.9. The molecular weight excluding hydrogens is 229 g/mol. The van der Waals surface area contributed by atoms with Crippen molar-refractivity contribution < 1.29 is 13.2 Å². The molecule has 0 aliphatic heterocycles. The number of nitrogens with one attached hydrogen (secondary N) is 1. The molecule has 0 bridgehead atoms. The van der Waals surface area contributed by atoms with E-state index < -0.39 is 11.7 Å². The highest BCUT2D eigenvalue weighted by molar-refractivity contribution is 6.31. The lowest BCUT2D eigenvalue weighted by Crippen LogP contribution is -2.12. The van der Waals surface area contributed by atoms with Crippen LogP contribution in [-0.4, -0.2) is 11.0 Å². The fraction of sp³-hybridized carbons (Fsp3) is 0.444. The second-order valence-corrected chi connectivity index (χ2v) is 3.75. The van der Waals surface area contributed by atoms with Crippen molar-refractivity contribution in [2.45, 2.75) is 26.1 Å². The highest BCUT2D eigenvalue weighted by Gasteiger charge is 2.33. The maximum absolute atomic E-state index is 12.3. The Morgan fingerprint density at radius 1 is 1.40 bits per heavy atom. The van der Waals surface area contributed by atoms with Crippen LogP contribution >= 0.6 is 11.6 Å². The van der Waals surface area contributed by atoms with E-state index in [-0.39, 0.29) is 11.1 Å². The van der Waals surface area contributed by atoms with Gasteiger partial charge >= 0.3 is 6.18 Å². The molecule has 1 N–H and O–H groups in total. The SMILES string of the molecule is CC(C)Nc1cc(Cl)c(C(F)(F)F)cn1. The number of halogens is 4. The molecule has 0 saturated carbocycles. The molecule has 15 heavy (non-hydrogen) atoms. The molecular formula is C9H10ClF3N2. The molecule has 0 fully saturated rings. The van der Waals surface area contributed by atoms with E-state index in [9.17, 15) is 13.2 Å². The summed E-state index contributed by atoms with van der Waals surface area (Å²) in [5.41, 5.74) is -0.918. The molecule has 0 spiro atoms. The minimum atomic E-state index is -4.46. The summed E-state index contributed by atoms with van der Waals surface area (Å²) in [6.45, 7) is 3.71. The van der Waals surface area contributed by atoms with Gasteiger partial charge in [0.1, 0.15) is 5.82 Å². The second kappa shape index (κ2) is 4.26. The van der Waals surface area contributed by atoms with E-state index in [0.29, 0.717) is 5.82 Å². The molecule has 84 valence electrons. The number of anilines is 1. The van der Waals surface area contributed by atoms with Crippen LogP contribution in [0.1, 0.15) is 19.4 Å². The molecule has 0 amide bonds. The molecule has 2 nitrogen and oxygen atoms in total. The van der Waals surface area contributed by atoms with E-state index in [0.717, 1.165) is 6.20 Å². The summed E-state index contributed by atoms with van der Waals surface area (Å²) in [6.07, 6.45) is -3.73. The Balaban J connectivity index is 2.99. The van der Waals surface area contributed by atoms with Crippen molar-refractivity contribution >= 4 is 17.4 Å². The number of nitrogens with zero attached hydrogens (tertiary/aromatic N) is 1. The van der Waals surface area contributed by atoms with Crippen molar-refractivity contribution in [2.75, 3.05) is 5.32 Å². The normalized spacial score (nSPS) is 11.9. The lowest BCUT2D eigenvalue weighted by Gasteiger charge is -2.12. The van der Waals surface area contributed by atoms with Gasteiger partial charge in [-0.1, -0.05) is 11.6 Å². The standard InChI is InChI=1S/C9H10ClF3N2/c1-5(2)15-8-3-7(10)6(4-14-8)9(11,12)13/h3-5H,1-2H3,(H,14,15). The number of hydrogen-bond acceptors (Lipinski definition) is 2. The molecule has 0 saturated heterocycles. The van der Waals surface area contributed by atoms with Crippen molar-refractivity contribution in [3.63, 3.8) is 0 Å². The lowest BCUT2D eigenvalue weighted by molar-refractivity contribution is -0.137. The van der Waals surface area contributed by atoms with Gasteiger partial charge in [0.15, 0.2) is 0 Å². The third-order valence-electron chi connectivity index (χ3n) is 1.60. The van der Waals surface area contributed by atoms with Gasteiger partial charge in [-0.25, -0.2) is 4.98 Å². The molecule has 1 aromatic heterocycles. The van der Waals surface area contributed by atoms with Crippen LogP contribution in [0.4, 0.5) is 19.0 Å². The summed E-state index contributed by atoms with van der Waals surface area (Å²) in [4.78, 5) is 3.63. The predicted molar refractivity (Wildman–Crippen MR) is 53.0 cm³/mol. The quantitative estimate of drug-likeness (QED) is 0.852. The highest BCUT2D eigenvalue weighted by atomic mass is 35.5. The second-order valence-electron chi connectivity index (χ2n) is 3.35. The van der Waals surface area contributed by atoms with Gasteiger partial charge in [-0.15, -0.1) is 0 Å². The molecule has 0 aromatic carbocycles. The van der Waals surface area contributed by atoms with Crippen LogP contribution in [0.15, 0.2) is 12.3 Å². The molecule has 1 aromatic rings. The number of pyridine rings is 1. The fourth-order valence-corrected chi connectivity index (χ4v) is 1.27. The first-order valence-corrected chi connectivity index (χ1v) is 4.68. The van der Waals surface area contributed by atoms with E-state index in [4.69, 9.17) is 11.6 Å². The van der Waals surface area contributed by atoms with Crippen molar-refractivity contribution in [1.82, 2.24) is 4.98 Å². The van der Waals surface area contributed by atoms with Gasteiger partial charge < -0.3 is 5.32 Å². The van der Waals surface area contributed by atoms with E-state index >= 15 is 0 Å². The van der Waals surface area contributed by atoms with E-state index in [2.05, 4.69) is 10.3 Å². The van der Waals surface area contributed by atoms with E-state index in [1.807, 2.05) is 13.8 Å². The van der Waals surface area contributed by atoms with Crippen molar-refractivity contribution in [3.8, 4) is 0 Å². The first-order valence-electron chi connectivity index (χ1n) is 4.30. The number of alkyl halides is 3. The van der Waals surface area contributed by atoms with Crippen LogP contribution in [-0.2, 0) is 6.18 Å². The fourth-order valence-electron chi connectivity index (χ4n) is 1.01. The van der Waals surface area contributed by atoms with Gasteiger partial charge in [-0.2, -0.15) is 13.2 Å². The first-order chi connectivity index (χ1) is 6.80. The van der Waals surface area contributed by atoms with Crippen molar-refractivity contribution in [2.24, 2.45) is 0 Å². The minimum absolute atomic E-state index is 0.0882. The van der Waals surface area contributed by atoms with Gasteiger partial charge in [-0.05, 0) is 19.9 Å². The maximum Gasteiger partial charge on any atom is 0.419 e. The molecule has 0 aliphatic carbocycles. The van der Waals surface area contributed by atoms with Gasteiger partial charge in [0.25, 0.3) is 0 Å². The molecule has 1 heterocycles. The molecule has 0 aliphatic rings. The van der Waals surface area contributed by atoms with Crippen LogP contribution < -0.4 is 5.32 Å². The van der Waals surface area contributed by atoms with Crippen LogP contribution in [0.2, 0.25) is 5.02 Å². The summed E-state index contributed by atoms with van der Waals surface area (Å²) in [7, 11) is 0. The molecule has 6 heteroatoms. The Morgan fingerprint density at radius 3 is 2.40 bits per heavy atom. The highest BCUT2D eigenvalue weighted by Crippen LogP contribution is 2.34. The monoisotopic (exact) mass is 238 g/mol. The molecule has 0 atom stereocenters. The Labute approximate surface area is 90.5 Å². The number of aromatic nitrogens is 1. The Morgan fingerprint density at radius 2 is 2.00 bits per heavy atom. The topological polar surface area (TPSA) is 24.9 Å². The zero-order chi connectivity index (χ0) is 11.6. The zero-order valence-electron chi connectivity index (χ0n) is 8.19. The Kier molecular flexibility index (Phi) is 3.44. The van der Waals surface area contributed by atoms with Crippen LogP contribution in [0.25, 0.3) is 0 Å². The van der Waals surface area contributed by atoms with Crippen LogP contribution in [0.5, 0.6) is 0 Å². The third kappa shape index (κ3) is 3.27. The van der Waals surface area contributed by atoms with Crippen LogP contribution in [0, 0.1) is 0 Å².